The number of hydrogen-bond donors (Lipinski definition) is 0. The molecule has 0 radical (unpaired) electrons. The van der Waals surface area contributed by atoms with Gasteiger partial charge in [0, 0.05) is 6.20 Å². The van der Waals surface area contributed by atoms with Gasteiger partial charge in [0.2, 0.25) is 0 Å². The van der Waals surface area contributed by atoms with Crippen molar-refractivity contribution in [1.82, 2.24) is 4.98 Å². The van der Waals surface area contributed by atoms with Crippen LogP contribution in [0.4, 0.5) is 0 Å². The van der Waals surface area contributed by atoms with Crippen molar-refractivity contribution < 1.29 is 0 Å². The summed E-state index contributed by atoms with van der Waals surface area (Å²) in [5.41, 5.74) is 0. The van der Waals surface area contributed by atoms with Gasteiger partial charge in [-0.1, -0.05) is 25.1 Å². The van der Waals surface area contributed by atoms with Gasteiger partial charge >= 0.3 is 0 Å². The van der Waals surface area contributed by atoms with Crippen LogP contribution in [-0.2, 0) is 0 Å². The fourth-order valence-corrected chi connectivity index (χ4v) is 1.04. The summed E-state index contributed by atoms with van der Waals surface area (Å²) in [7, 11) is 0. The molecule has 0 aliphatic rings. The lowest BCUT2D eigenvalue weighted by Crippen LogP contribution is -2.26. The minimum atomic E-state index is 1.04. The van der Waals surface area contributed by atoms with E-state index in [0.29, 0.717) is 0 Å². The van der Waals surface area contributed by atoms with Gasteiger partial charge in [-0.05, 0) is 24.6 Å². The van der Waals surface area contributed by atoms with Crippen molar-refractivity contribution in [1.29, 1.82) is 0 Å². The Labute approximate surface area is 67.1 Å². The molecule has 1 heteroatoms. The zero-order chi connectivity index (χ0) is 8.10. The fraction of sp³-hybridized carbons (Fsp3) is 0.300. The summed E-state index contributed by atoms with van der Waals surface area (Å²) in [5.74, 6) is 0. The predicted molar refractivity (Wildman–Crippen MR) is 48.4 cm³/mol. The lowest BCUT2D eigenvalue weighted by atomic mass is 10.3. The smallest absolute Gasteiger partial charge is 0.0658 e. The highest BCUT2D eigenvalue weighted by atomic mass is 14.6. The van der Waals surface area contributed by atoms with Crippen LogP contribution in [-0.4, -0.2) is 4.98 Å². The molecular weight excluding hydrogens is 134 g/mol. The number of aromatic nitrogens is 1. The SMILES string of the molecule is C/C=c1/cccn/c1=C/CC. The van der Waals surface area contributed by atoms with Crippen LogP contribution >= 0.6 is 0 Å². The van der Waals surface area contributed by atoms with Crippen LogP contribution in [0.15, 0.2) is 18.3 Å². The van der Waals surface area contributed by atoms with Gasteiger partial charge in [-0.25, -0.2) is 0 Å². The maximum Gasteiger partial charge on any atom is 0.0658 e. The zero-order valence-electron chi connectivity index (χ0n) is 7.04. The molecule has 0 unspecified atom stereocenters. The van der Waals surface area contributed by atoms with Crippen molar-refractivity contribution >= 4 is 12.2 Å². The Morgan fingerprint density at radius 1 is 1.55 bits per heavy atom. The van der Waals surface area contributed by atoms with Gasteiger partial charge in [-0.3, -0.25) is 4.98 Å². The van der Waals surface area contributed by atoms with Crippen LogP contribution in [0, 0.1) is 0 Å². The maximum atomic E-state index is 4.25. The summed E-state index contributed by atoms with van der Waals surface area (Å²) in [6.07, 6.45) is 7.08. The largest absolute Gasteiger partial charge is 0.257 e. The molecule has 0 aromatic carbocycles. The summed E-state index contributed by atoms with van der Waals surface area (Å²) >= 11 is 0. The molecule has 0 fully saturated rings. The number of hydrogen-bond acceptors (Lipinski definition) is 1. The van der Waals surface area contributed by atoms with E-state index in [9.17, 15) is 0 Å². The summed E-state index contributed by atoms with van der Waals surface area (Å²) in [6.45, 7) is 4.15. The Morgan fingerprint density at radius 2 is 2.36 bits per heavy atom. The average Bonchev–Trinajstić information content (AvgIpc) is 2.06. The normalized spacial score (nSPS) is 14.0. The summed E-state index contributed by atoms with van der Waals surface area (Å²) in [4.78, 5) is 4.25. The molecule has 0 aliphatic heterocycles. The highest BCUT2D eigenvalue weighted by molar-refractivity contribution is 5.26. The van der Waals surface area contributed by atoms with Gasteiger partial charge in [0.15, 0.2) is 0 Å². The molecular formula is C10H13N. The van der Waals surface area contributed by atoms with Crippen molar-refractivity contribution in [2.24, 2.45) is 0 Å². The molecule has 0 saturated heterocycles. The first-order chi connectivity index (χ1) is 5.38. The molecule has 1 aromatic rings. The second-order valence-electron chi connectivity index (χ2n) is 2.38. The topological polar surface area (TPSA) is 12.9 Å². The second-order valence-corrected chi connectivity index (χ2v) is 2.38. The molecule has 0 spiro atoms. The van der Waals surface area contributed by atoms with Crippen LogP contribution in [0.1, 0.15) is 20.3 Å². The molecule has 0 amide bonds. The number of nitrogens with zero attached hydrogens (tertiary/aromatic N) is 1. The molecule has 1 heterocycles. The molecule has 0 atom stereocenters. The third kappa shape index (κ3) is 1.90. The Hall–Kier alpha value is -1.11. The van der Waals surface area contributed by atoms with E-state index in [4.69, 9.17) is 0 Å². The number of rotatable bonds is 1. The Balaban J connectivity index is 3.37. The fourth-order valence-electron chi connectivity index (χ4n) is 1.04. The van der Waals surface area contributed by atoms with E-state index in [1.807, 2.05) is 19.2 Å². The van der Waals surface area contributed by atoms with Gasteiger partial charge in [0.25, 0.3) is 0 Å². The van der Waals surface area contributed by atoms with Gasteiger partial charge in [-0.15, -0.1) is 0 Å². The molecule has 1 nitrogen and oxygen atoms in total. The highest BCUT2D eigenvalue weighted by Gasteiger charge is 1.80. The molecule has 11 heavy (non-hydrogen) atoms. The Morgan fingerprint density at radius 3 is 3.00 bits per heavy atom. The van der Waals surface area contributed by atoms with Crippen LogP contribution in [0.5, 0.6) is 0 Å². The minimum Gasteiger partial charge on any atom is -0.257 e. The highest BCUT2D eigenvalue weighted by Crippen LogP contribution is 1.73. The van der Waals surface area contributed by atoms with E-state index in [0.717, 1.165) is 11.8 Å². The number of pyridine rings is 1. The summed E-state index contributed by atoms with van der Waals surface area (Å²) in [5, 5.41) is 2.31. The van der Waals surface area contributed by atoms with E-state index in [1.54, 1.807) is 0 Å². The third-order valence-electron chi connectivity index (χ3n) is 1.58. The predicted octanol–water partition coefficient (Wildman–Crippen LogP) is 1.07. The van der Waals surface area contributed by atoms with Crippen molar-refractivity contribution in [3.8, 4) is 0 Å². The van der Waals surface area contributed by atoms with Crippen molar-refractivity contribution in [3.05, 3.63) is 28.9 Å². The molecule has 0 N–H and O–H groups in total. The molecule has 1 aromatic heterocycles. The van der Waals surface area contributed by atoms with E-state index >= 15 is 0 Å². The van der Waals surface area contributed by atoms with Gasteiger partial charge in [0.1, 0.15) is 0 Å². The lowest BCUT2D eigenvalue weighted by molar-refractivity contribution is 1.18. The third-order valence-corrected chi connectivity index (χ3v) is 1.58. The molecule has 58 valence electrons. The Kier molecular flexibility index (Phi) is 2.84. The van der Waals surface area contributed by atoms with Crippen LogP contribution < -0.4 is 10.6 Å². The first kappa shape index (κ1) is 7.99. The summed E-state index contributed by atoms with van der Waals surface area (Å²) in [6, 6.07) is 4.04. The lowest BCUT2D eigenvalue weighted by Gasteiger charge is -1.86. The van der Waals surface area contributed by atoms with Crippen LogP contribution in [0.3, 0.4) is 0 Å². The molecule has 0 aliphatic carbocycles. The molecule has 0 saturated carbocycles. The summed E-state index contributed by atoms with van der Waals surface area (Å²) < 4.78 is 0. The van der Waals surface area contributed by atoms with E-state index in [-0.39, 0.29) is 0 Å². The van der Waals surface area contributed by atoms with Gasteiger partial charge in [0.05, 0.1) is 5.35 Å². The molecule has 1 rings (SSSR count). The van der Waals surface area contributed by atoms with E-state index in [1.165, 1.54) is 5.22 Å². The monoisotopic (exact) mass is 147 g/mol. The van der Waals surface area contributed by atoms with E-state index in [2.05, 4.69) is 30.1 Å². The quantitative estimate of drug-likeness (QED) is 0.579. The Bertz CT molecular complexity index is 325. The van der Waals surface area contributed by atoms with Crippen molar-refractivity contribution in [2.75, 3.05) is 0 Å². The van der Waals surface area contributed by atoms with Gasteiger partial charge < -0.3 is 0 Å². The van der Waals surface area contributed by atoms with Crippen LogP contribution in [0.25, 0.3) is 12.2 Å². The van der Waals surface area contributed by atoms with Gasteiger partial charge in [-0.2, -0.15) is 0 Å². The van der Waals surface area contributed by atoms with Crippen molar-refractivity contribution in [2.45, 2.75) is 20.3 Å². The molecule has 0 bridgehead atoms. The maximum absolute atomic E-state index is 4.25. The minimum absolute atomic E-state index is 1.04. The zero-order valence-corrected chi connectivity index (χ0v) is 7.04. The van der Waals surface area contributed by atoms with Crippen molar-refractivity contribution in [3.63, 3.8) is 0 Å². The van der Waals surface area contributed by atoms with Crippen LogP contribution in [0.2, 0.25) is 0 Å². The first-order valence-electron chi connectivity index (χ1n) is 3.96. The second kappa shape index (κ2) is 3.91. The average molecular weight is 147 g/mol. The first-order valence-corrected chi connectivity index (χ1v) is 3.96. The standard InChI is InChI=1S/C10H13N/c1-3-6-10-9(4-2)7-5-8-11-10/h4-8H,3H2,1-2H3/b9-4-,10-6+. The van der Waals surface area contributed by atoms with E-state index < -0.39 is 0 Å².